The van der Waals surface area contributed by atoms with E-state index >= 15 is 0 Å². The van der Waals surface area contributed by atoms with Crippen molar-refractivity contribution < 1.29 is 22.8 Å². The number of hydrogen-bond donors (Lipinski definition) is 3. The summed E-state index contributed by atoms with van der Waals surface area (Å²) >= 11 is 0. The largest absolute Gasteiger partial charge is 0.352 e. The standard InChI is InChI=1S/C32H54N6O5S/c1-4-5-6-7-8-9-10-11-12-13-21-44(42,43)35-26-23-29-32(41)37(20-17-33)28-16-15-25(22-27(28)31(40)38(29)24-26)30(39)34-18-14-19-36(2)3/h15-16,22,26,29,35H,4-14,17-21,23-24,33H2,1-3H3,(H,34,39)/t26-,29-/m0/s1. The molecule has 0 saturated carbocycles. The highest BCUT2D eigenvalue weighted by Crippen LogP contribution is 2.33. The van der Waals surface area contributed by atoms with Gasteiger partial charge in [0.15, 0.2) is 0 Å². The first-order valence-electron chi connectivity index (χ1n) is 16.5. The average molecular weight is 635 g/mol. The maximum Gasteiger partial charge on any atom is 0.256 e. The Morgan fingerprint density at radius 3 is 2.30 bits per heavy atom. The molecular weight excluding hydrogens is 580 g/mol. The lowest BCUT2D eigenvalue weighted by molar-refractivity contribution is -0.122. The first kappa shape index (κ1) is 35.9. The molecule has 0 unspecified atom stereocenters. The van der Waals surface area contributed by atoms with Gasteiger partial charge in [-0.15, -0.1) is 0 Å². The van der Waals surface area contributed by atoms with Gasteiger partial charge >= 0.3 is 0 Å². The number of fused-ring (bicyclic) bond motifs is 2. The lowest BCUT2D eigenvalue weighted by atomic mass is 10.1. The summed E-state index contributed by atoms with van der Waals surface area (Å²) < 4.78 is 28.6. The van der Waals surface area contributed by atoms with Crippen LogP contribution in [0.3, 0.4) is 0 Å². The summed E-state index contributed by atoms with van der Waals surface area (Å²) in [6.45, 7) is 4.02. The van der Waals surface area contributed by atoms with Crippen molar-refractivity contribution in [3.63, 3.8) is 0 Å². The number of benzene rings is 1. The van der Waals surface area contributed by atoms with E-state index in [-0.39, 0.29) is 49.2 Å². The highest BCUT2D eigenvalue weighted by Gasteiger charge is 2.46. The predicted octanol–water partition coefficient (Wildman–Crippen LogP) is 3.10. The number of carbonyl (C=O) groups excluding carboxylic acids is 3. The maximum absolute atomic E-state index is 13.8. The molecular formula is C32H54N6O5S. The Bertz CT molecular complexity index is 1210. The Kier molecular flexibility index (Phi) is 14.6. The molecule has 1 fully saturated rings. The predicted molar refractivity (Wildman–Crippen MR) is 175 cm³/mol. The summed E-state index contributed by atoms with van der Waals surface area (Å²) in [6, 6.07) is 3.40. The summed E-state index contributed by atoms with van der Waals surface area (Å²) in [5, 5.41) is 2.89. The van der Waals surface area contributed by atoms with Crippen LogP contribution in [-0.2, 0) is 14.8 Å². The molecule has 44 heavy (non-hydrogen) atoms. The van der Waals surface area contributed by atoms with Crippen LogP contribution in [0.4, 0.5) is 5.69 Å². The number of anilines is 1. The van der Waals surface area contributed by atoms with E-state index in [0.29, 0.717) is 24.2 Å². The number of nitrogens with one attached hydrogen (secondary N) is 2. The number of hydrogen-bond acceptors (Lipinski definition) is 7. The van der Waals surface area contributed by atoms with Gasteiger partial charge in [0, 0.05) is 37.8 Å². The minimum absolute atomic E-state index is 0.0295. The summed E-state index contributed by atoms with van der Waals surface area (Å²) in [5.41, 5.74) is 6.82. The molecule has 1 aromatic rings. The van der Waals surface area contributed by atoms with Gasteiger partial charge in [0.25, 0.3) is 11.8 Å². The fraction of sp³-hybridized carbons (Fsp3) is 0.719. The topological polar surface area (TPSA) is 145 Å². The third kappa shape index (κ3) is 10.5. The van der Waals surface area contributed by atoms with Crippen molar-refractivity contribution >= 4 is 33.4 Å². The number of amides is 3. The van der Waals surface area contributed by atoms with Gasteiger partial charge < -0.3 is 25.8 Å². The minimum Gasteiger partial charge on any atom is -0.352 e. The normalized spacial score (nSPS) is 18.5. The second-order valence-corrected chi connectivity index (χ2v) is 14.3. The molecule has 4 N–H and O–H groups in total. The van der Waals surface area contributed by atoms with Crippen LogP contribution < -0.4 is 20.7 Å². The lowest BCUT2D eigenvalue weighted by Gasteiger charge is -2.25. The van der Waals surface area contributed by atoms with E-state index in [4.69, 9.17) is 5.73 Å². The number of sulfonamides is 1. The van der Waals surface area contributed by atoms with Crippen LogP contribution in [0.1, 0.15) is 105 Å². The molecule has 2 atom stereocenters. The number of unbranched alkanes of at least 4 members (excludes halogenated alkanes) is 9. The second-order valence-electron chi connectivity index (χ2n) is 12.4. The number of nitrogens with zero attached hydrogens (tertiary/aromatic N) is 3. The van der Waals surface area contributed by atoms with Crippen LogP contribution in [-0.4, -0.2) is 101 Å². The van der Waals surface area contributed by atoms with Crippen molar-refractivity contribution in [1.29, 1.82) is 0 Å². The zero-order chi connectivity index (χ0) is 32.1. The van der Waals surface area contributed by atoms with Crippen LogP contribution in [0.25, 0.3) is 0 Å². The van der Waals surface area contributed by atoms with E-state index in [1.54, 1.807) is 12.1 Å². The fourth-order valence-electron chi connectivity index (χ4n) is 6.07. The summed E-state index contributed by atoms with van der Waals surface area (Å²) in [6.07, 6.45) is 12.1. The number of rotatable bonds is 20. The Morgan fingerprint density at radius 2 is 1.66 bits per heavy atom. The summed E-state index contributed by atoms with van der Waals surface area (Å²) in [4.78, 5) is 45.3. The van der Waals surface area contributed by atoms with E-state index < -0.39 is 28.0 Å². The fourth-order valence-corrected chi connectivity index (χ4v) is 7.45. The second kappa shape index (κ2) is 17.8. The molecule has 1 saturated heterocycles. The maximum atomic E-state index is 13.8. The van der Waals surface area contributed by atoms with Gasteiger partial charge in [-0.3, -0.25) is 14.4 Å². The zero-order valence-electron chi connectivity index (χ0n) is 27.0. The first-order valence-corrected chi connectivity index (χ1v) is 18.1. The smallest absolute Gasteiger partial charge is 0.256 e. The van der Waals surface area contributed by atoms with E-state index in [1.807, 2.05) is 19.0 Å². The molecule has 11 nitrogen and oxygen atoms in total. The highest BCUT2D eigenvalue weighted by atomic mass is 32.2. The Morgan fingerprint density at radius 1 is 1.00 bits per heavy atom. The van der Waals surface area contributed by atoms with E-state index in [9.17, 15) is 22.8 Å². The van der Waals surface area contributed by atoms with Gasteiger partial charge in [0.05, 0.1) is 17.0 Å². The molecule has 12 heteroatoms. The first-order chi connectivity index (χ1) is 21.1. The van der Waals surface area contributed by atoms with E-state index in [2.05, 4.69) is 17.0 Å². The van der Waals surface area contributed by atoms with Crippen LogP contribution in [0, 0.1) is 0 Å². The molecule has 0 bridgehead atoms. The molecule has 0 spiro atoms. The van der Waals surface area contributed by atoms with Crippen molar-refractivity contribution in [3.8, 4) is 0 Å². The number of carbonyl (C=O) groups is 3. The van der Waals surface area contributed by atoms with Crippen LogP contribution >= 0.6 is 0 Å². The van der Waals surface area contributed by atoms with Crippen molar-refractivity contribution in [2.24, 2.45) is 5.73 Å². The molecule has 0 aromatic heterocycles. The SMILES string of the molecule is CCCCCCCCCCCCS(=O)(=O)N[C@H]1C[C@H]2C(=O)N(CCN)c3ccc(C(=O)NCCCN(C)C)cc3C(=O)N2C1. The molecule has 248 valence electrons. The molecule has 2 aliphatic heterocycles. The third-order valence-electron chi connectivity index (χ3n) is 8.43. The average Bonchev–Trinajstić information content (AvgIpc) is 3.38. The van der Waals surface area contributed by atoms with E-state index in [0.717, 1.165) is 32.2 Å². The van der Waals surface area contributed by atoms with E-state index in [1.165, 1.54) is 54.4 Å². The number of nitrogens with two attached hydrogens (primary N) is 1. The van der Waals surface area contributed by atoms with Crippen LogP contribution in [0.5, 0.6) is 0 Å². The van der Waals surface area contributed by atoms with Gasteiger partial charge in [-0.05, 0) is 58.1 Å². The lowest BCUT2D eigenvalue weighted by Crippen LogP contribution is -2.46. The van der Waals surface area contributed by atoms with Crippen molar-refractivity contribution in [3.05, 3.63) is 29.3 Å². The highest BCUT2D eigenvalue weighted by molar-refractivity contribution is 7.89. The molecule has 2 aliphatic rings. The van der Waals surface area contributed by atoms with Gasteiger partial charge in [0.2, 0.25) is 15.9 Å². The molecule has 2 heterocycles. The summed E-state index contributed by atoms with van der Waals surface area (Å²) in [5.74, 6) is -0.950. The zero-order valence-corrected chi connectivity index (χ0v) is 27.8. The van der Waals surface area contributed by atoms with Gasteiger partial charge in [0.1, 0.15) is 6.04 Å². The van der Waals surface area contributed by atoms with Crippen molar-refractivity contribution in [1.82, 2.24) is 19.8 Å². The Hall–Kier alpha value is -2.54. The minimum atomic E-state index is -3.57. The molecule has 0 aliphatic carbocycles. The van der Waals surface area contributed by atoms with Gasteiger partial charge in [-0.2, -0.15) is 0 Å². The quantitative estimate of drug-likeness (QED) is 0.187. The van der Waals surface area contributed by atoms with Crippen molar-refractivity contribution in [2.45, 2.75) is 96.1 Å². The third-order valence-corrected chi connectivity index (χ3v) is 9.94. The Labute approximate surface area is 264 Å². The molecule has 3 rings (SSSR count). The van der Waals surface area contributed by atoms with Crippen LogP contribution in [0.15, 0.2) is 18.2 Å². The molecule has 3 amide bonds. The van der Waals surface area contributed by atoms with Crippen molar-refractivity contribution in [2.75, 3.05) is 57.5 Å². The summed E-state index contributed by atoms with van der Waals surface area (Å²) in [7, 11) is 0.365. The molecule has 1 aromatic carbocycles. The molecule has 0 radical (unpaired) electrons. The Balaban J connectivity index is 1.60. The van der Waals surface area contributed by atoms with Gasteiger partial charge in [-0.25, -0.2) is 13.1 Å². The van der Waals surface area contributed by atoms with Gasteiger partial charge in [-0.1, -0.05) is 64.7 Å². The monoisotopic (exact) mass is 634 g/mol. The van der Waals surface area contributed by atoms with Crippen LogP contribution in [0.2, 0.25) is 0 Å².